The lowest BCUT2D eigenvalue weighted by Gasteiger charge is -2.32. The van der Waals surface area contributed by atoms with Crippen LogP contribution in [0, 0.1) is 5.92 Å². The Hall–Kier alpha value is -0.480. The van der Waals surface area contributed by atoms with Crippen LogP contribution >= 0.6 is 24.4 Å². The summed E-state index contributed by atoms with van der Waals surface area (Å²) in [5.74, 6) is 1.41. The second-order valence-corrected chi connectivity index (χ2v) is 9.21. The second kappa shape index (κ2) is 17.1. The van der Waals surface area contributed by atoms with Crippen molar-refractivity contribution in [2.75, 3.05) is 45.0 Å². The first kappa shape index (κ1) is 29.5. The average molecular weight is 465 g/mol. The molecule has 0 aliphatic heterocycles. The molecule has 5 atom stereocenters. The van der Waals surface area contributed by atoms with Crippen LogP contribution in [-0.4, -0.2) is 86.0 Å². The fourth-order valence-corrected chi connectivity index (χ4v) is 3.82. The van der Waals surface area contributed by atoms with Crippen molar-refractivity contribution in [1.29, 1.82) is 0 Å². The van der Waals surface area contributed by atoms with E-state index in [9.17, 15) is 9.59 Å². The number of nitrogens with two attached hydrogens (primary N) is 1. The number of rotatable bonds is 17. The van der Waals surface area contributed by atoms with Crippen LogP contribution in [0.2, 0.25) is 0 Å². The maximum atomic E-state index is 13.2. The minimum absolute atomic E-state index is 0.00339. The monoisotopic (exact) mass is 464 g/mol. The number of hydrogen-bond acceptors (Lipinski definition) is 8. The summed E-state index contributed by atoms with van der Waals surface area (Å²) in [6.45, 7) is 7.76. The molecule has 1 amide bonds. The van der Waals surface area contributed by atoms with Crippen molar-refractivity contribution in [1.82, 2.24) is 15.5 Å². The summed E-state index contributed by atoms with van der Waals surface area (Å²) in [5, 5.41) is 6.98. The summed E-state index contributed by atoms with van der Waals surface area (Å²) in [5.41, 5.74) is 6.00. The van der Waals surface area contributed by atoms with E-state index in [2.05, 4.69) is 44.0 Å². The third kappa shape index (κ3) is 10.7. The average Bonchev–Trinajstić information content (AvgIpc) is 2.76. The van der Waals surface area contributed by atoms with Gasteiger partial charge in [-0.05, 0) is 30.8 Å². The Balaban J connectivity index is 5.19. The van der Waals surface area contributed by atoms with Crippen LogP contribution in [0.1, 0.15) is 46.5 Å². The summed E-state index contributed by atoms with van der Waals surface area (Å²) in [6.07, 6.45) is 5.17. The van der Waals surface area contributed by atoms with Crippen LogP contribution in [-0.2, 0) is 14.3 Å². The highest BCUT2D eigenvalue weighted by molar-refractivity contribution is 7.98. The molecular weight excluding hydrogens is 420 g/mol. The van der Waals surface area contributed by atoms with Gasteiger partial charge in [0.1, 0.15) is 6.04 Å². The number of nitrogens with one attached hydrogen (secondary N) is 2. The molecule has 0 spiro atoms. The van der Waals surface area contributed by atoms with Gasteiger partial charge in [-0.2, -0.15) is 24.4 Å². The van der Waals surface area contributed by atoms with E-state index in [1.807, 2.05) is 6.26 Å². The van der Waals surface area contributed by atoms with Crippen molar-refractivity contribution < 1.29 is 14.3 Å². The summed E-state index contributed by atoms with van der Waals surface area (Å²) in [7, 11) is 3.07. The normalized spacial score (nSPS) is 16.4. The Kier molecular flexibility index (Phi) is 16.8. The number of nitrogens with zero attached hydrogens (tertiary/aromatic N) is 1. The van der Waals surface area contributed by atoms with Gasteiger partial charge in [-0.1, -0.05) is 33.6 Å². The molecule has 0 aliphatic carbocycles. The van der Waals surface area contributed by atoms with Crippen LogP contribution < -0.4 is 16.4 Å². The predicted molar refractivity (Wildman–Crippen MR) is 131 cm³/mol. The van der Waals surface area contributed by atoms with Gasteiger partial charge in [-0.15, -0.1) is 0 Å². The Morgan fingerprint density at radius 1 is 1.20 bits per heavy atom. The lowest BCUT2D eigenvalue weighted by molar-refractivity contribution is -0.152. The van der Waals surface area contributed by atoms with Crippen molar-refractivity contribution in [3.63, 3.8) is 0 Å². The number of ether oxygens (including phenoxy) is 1. The Morgan fingerprint density at radius 2 is 1.87 bits per heavy atom. The van der Waals surface area contributed by atoms with Crippen molar-refractivity contribution in [2.24, 2.45) is 11.7 Å². The molecule has 0 aliphatic rings. The Labute approximate surface area is 193 Å². The van der Waals surface area contributed by atoms with Gasteiger partial charge >= 0.3 is 5.97 Å². The molecule has 0 rings (SSSR count). The van der Waals surface area contributed by atoms with Gasteiger partial charge in [0.05, 0.1) is 13.2 Å². The quantitative estimate of drug-likeness (QED) is 0.192. The SMILES string of the molecule is CCC[C@H](NC[C@@H](NC[C@@H](N)CS)[C@@H](C)CC)C(=O)N(C)[C@@H](CCSC)C(=O)OC. The molecular formula is C21H44N4O3S2. The molecule has 0 aromatic heterocycles. The minimum atomic E-state index is -0.562. The topological polar surface area (TPSA) is 96.7 Å². The molecule has 9 heteroatoms. The van der Waals surface area contributed by atoms with E-state index in [0.717, 1.165) is 18.6 Å². The molecule has 4 N–H and O–H groups in total. The second-order valence-electron chi connectivity index (χ2n) is 7.86. The maximum absolute atomic E-state index is 13.2. The zero-order valence-corrected chi connectivity index (χ0v) is 21.4. The van der Waals surface area contributed by atoms with E-state index in [4.69, 9.17) is 10.5 Å². The molecule has 0 radical (unpaired) electrons. The van der Waals surface area contributed by atoms with Crippen LogP contribution in [0.15, 0.2) is 0 Å². The highest BCUT2D eigenvalue weighted by Gasteiger charge is 2.31. The summed E-state index contributed by atoms with van der Waals surface area (Å²) in [4.78, 5) is 27.0. The summed E-state index contributed by atoms with van der Waals surface area (Å²) >= 11 is 5.90. The van der Waals surface area contributed by atoms with E-state index >= 15 is 0 Å². The van der Waals surface area contributed by atoms with Gasteiger partial charge in [0.2, 0.25) is 5.91 Å². The maximum Gasteiger partial charge on any atom is 0.328 e. The smallest absolute Gasteiger partial charge is 0.328 e. The number of likely N-dealkylation sites (N-methyl/N-ethyl adjacent to an activating group) is 1. The number of thioether (sulfide) groups is 1. The van der Waals surface area contributed by atoms with Gasteiger partial charge in [0, 0.05) is 38.0 Å². The molecule has 0 aromatic rings. The first-order valence-electron chi connectivity index (χ1n) is 10.9. The lowest BCUT2D eigenvalue weighted by Crippen LogP contribution is -2.55. The van der Waals surface area contributed by atoms with Crippen LogP contribution in [0.4, 0.5) is 0 Å². The zero-order valence-electron chi connectivity index (χ0n) is 19.6. The molecule has 0 saturated heterocycles. The predicted octanol–water partition coefficient (Wildman–Crippen LogP) is 1.76. The van der Waals surface area contributed by atoms with Crippen LogP contribution in [0.3, 0.4) is 0 Å². The Morgan fingerprint density at radius 3 is 2.37 bits per heavy atom. The highest BCUT2D eigenvalue weighted by atomic mass is 32.2. The number of esters is 1. The molecule has 0 fully saturated rings. The van der Waals surface area contributed by atoms with Gasteiger partial charge in [0.25, 0.3) is 0 Å². The standard InChI is InChI=1S/C21H44N4O3S2/c1-7-9-17(20(26)25(4)19(10-11-30-6)21(27)28-5)24-13-18(15(3)8-2)23-12-16(22)14-29/h15-19,23-24,29H,7-14,22H2,1-6H3/t15-,16+,17-,18+,19-/m0/s1. The van der Waals surface area contributed by atoms with Gasteiger partial charge in [-0.25, -0.2) is 4.79 Å². The number of hydrogen-bond donors (Lipinski definition) is 4. The fourth-order valence-electron chi connectivity index (χ4n) is 3.23. The number of amides is 1. The van der Waals surface area contributed by atoms with Gasteiger partial charge < -0.3 is 26.0 Å². The fraction of sp³-hybridized carbons (Fsp3) is 0.905. The molecule has 7 nitrogen and oxygen atoms in total. The molecule has 0 bridgehead atoms. The molecule has 0 unspecified atom stereocenters. The largest absolute Gasteiger partial charge is 0.467 e. The molecule has 0 heterocycles. The van der Waals surface area contributed by atoms with Crippen molar-refractivity contribution in [2.45, 2.75) is 70.6 Å². The molecule has 178 valence electrons. The molecule has 30 heavy (non-hydrogen) atoms. The number of methoxy groups -OCH3 is 1. The summed E-state index contributed by atoms with van der Waals surface area (Å²) < 4.78 is 4.94. The minimum Gasteiger partial charge on any atom is -0.467 e. The highest BCUT2D eigenvalue weighted by Crippen LogP contribution is 2.13. The van der Waals surface area contributed by atoms with Crippen LogP contribution in [0.5, 0.6) is 0 Å². The van der Waals surface area contributed by atoms with E-state index in [-0.39, 0.29) is 30.0 Å². The van der Waals surface area contributed by atoms with Crippen molar-refractivity contribution in [3.05, 3.63) is 0 Å². The van der Waals surface area contributed by atoms with E-state index in [1.54, 1.807) is 23.7 Å². The molecule has 0 saturated carbocycles. The van der Waals surface area contributed by atoms with Crippen molar-refractivity contribution >= 4 is 36.3 Å². The summed E-state index contributed by atoms with van der Waals surface area (Å²) in [6, 6.07) is -0.705. The number of carbonyl (C=O) groups excluding carboxylic acids is 2. The number of thiol groups is 1. The Bertz CT molecular complexity index is 485. The van der Waals surface area contributed by atoms with E-state index in [0.29, 0.717) is 37.6 Å². The number of carbonyl (C=O) groups is 2. The van der Waals surface area contributed by atoms with Crippen LogP contribution in [0.25, 0.3) is 0 Å². The first-order chi connectivity index (χ1) is 14.3. The van der Waals surface area contributed by atoms with Gasteiger partial charge in [0.15, 0.2) is 0 Å². The van der Waals surface area contributed by atoms with Gasteiger partial charge in [-0.3, -0.25) is 4.79 Å². The third-order valence-electron chi connectivity index (χ3n) is 5.55. The lowest BCUT2D eigenvalue weighted by atomic mass is 9.98. The van der Waals surface area contributed by atoms with Crippen molar-refractivity contribution in [3.8, 4) is 0 Å². The third-order valence-corrected chi connectivity index (χ3v) is 6.66. The first-order valence-corrected chi connectivity index (χ1v) is 13.0. The van der Waals surface area contributed by atoms with E-state index < -0.39 is 6.04 Å². The van der Waals surface area contributed by atoms with E-state index in [1.165, 1.54) is 7.11 Å². The zero-order chi connectivity index (χ0) is 23.1. The molecule has 0 aromatic carbocycles.